The molecule has 0 saturated carbocycles. The van der Waals surface area contributed by atoms with Gasteiger partial charge in [-0.3, -0.25) is 14.0 Å². The Morgan fingerprint density at radius 2 is 1.96 bits per heavy atom. The van der Waals surface area contributed by atoms with Crippen LogP contribution in [0.2, 0.25) is 5.02 Å². The highest BCUT2D eigenvalue weighted by molar-refractivity contribution is 7.99. The van der Waals surface area contributed by atoms with Crippen LogP contribution >= 0.6 is 34.7 Å². The van der Waals surface area contributed by atoms with E-state index < -0.39 is 0 Å². The molecular weight excluding hydrogens is 416 g/mol. The molecule has 28 heavy (non-hydrogen) atoms. The van der Waals surface area contributed by atoms with Gasteiger partial charge in [-0.25, -0.2) is 4.98 Å². The average Bonchev–Trinajstić information content (AvgIpc) is 3.07. The van der Waals surface area contributed by atoms with E-state index in [9.17, 15) is 9.59 Å². The van der Waals surface area contributed by atoms with Crippen LogP contribution in [0.5, 0.6) is 0 Å². The first kappa shape index (κ1) is 19.0. The van der Waals surface area contributed by atoms with E-state index in [4.69, 9.17) is 16.3 Å². The van der Waals surface area contributed by atoms with Crippen molar-refractivity contribution in [1.29, 1.82) is 0 Å². The van der Waals surface area contributed by atoms with Gasteiger partial charge in [-0.1, -0.05) is 35.1 Å². The lowest BCUT2D eigenvalue weighted by atomic mass is 10.3. The summed E-state index contributed by atoms with van der Waals surface area (Å²) in [6.07, 6.45) is 0.275. The Labute approximate surface area is 173 Å². The minimum Gasteiger partial charge on any atom is -0.459 e. The number of esters is 1. The summed E-state index contributed by atoms with van der Waals surface area (Å²) in [6.45, 7) is -0.00949. The largest absolute Gasteiger partial charge is 0.459 e. The minimum absolute atomic E-state index is 0.00949. The monoisotopic (exact) mass is 430 g/mol. The van der Waals surface area contributed by atoms with E-state index in [-0.39, 0.29) is 24.6 Å². The zero-order chi connectivity index (χ0) is 19.5. The summed E-state index contributed by atoms with van der Waals surface area (Å²) in [7, 11) is 0. The number of carbonyl (C=O) groups excluding carboxylic acids is 1. The third kappa shape index (κ3) is 4.22. The number of fused-ring (bicyclic) bond motifs is 3. The van der Waals surface area contributed by atoms with E-state index in [1.807, 2.05) is 48.5 Å². The second kappa shape index (κ2) is 8.34. The fourth-order valence-corrected chi connectivity index (χ4v) is 4.72. The second-order valence-electron chi connectivity index (χ2n) is 5.99. The van der Waals surface area contributed by atoms with E-state index in [0.717, 1.165) is 15.1 Å². The molecule has 0 unspecified atom stereocenters. The predicted molar refractivity (Wildman–Crippen MR) is 113 cm³/mol. The Morgan fingerprint density at radius 3 is 2.79 bits per heavy atom. The molecule has 2 heterocycles. The summed E-state index contributed by atoms with van der Waals surface area (Å²) in [4.78, 5) is 30.5. The first-order chi connectivity index (χ1) is 13.6. The van der Waals surface area contributed by atoms with Crippen LogP contribution in [-0.2, 0) is 16.1 Å². The molecule has 0 aliphatic rings. The number of benzene rings is 2. The van der Waals surface area contributed by atoms with Crippen molar-refractivity contribution in [3.05, 3.63) is 75.7 Å². The van der Waals surface area contributed by atoms with Gasteiger partial charge in [0, 0.05) is 21.7 Å². The third-order valence-electron chi connectivity index (χ3n) is 4.02. The lowest BCUT2D eigenvalue weighted by Crippen LogP contribution is -2.15. The smallest absolute Gasteiger partial charge is 0.307 e. The summed E-state index contributed by atoms with van der Waals surface area (Å²) >= 11 is 8.85. The molecular formula is C20H15ClN2O3S2. The van der Waals surface area contributed by atoms with Gasteiger partial charge in [0.2, 0.25) is 0 Å². The maximum atomic E-state index is 12.4. The highest BCUT2D eigenvalue weighted by atomic mass is 35.5. The molecule has 8 heteroatoms. The van der Waals surface area contributed by atoms with Gasteiger partial charge in [-0.15, -0.1) is 11.8 Å². The van der Waals surface area contributed by atoms with Crippen LogP contribution in [0.25, 0.3) is 15.2 Å². The van der Waals surface area contributed by atoms with Crippen LogP contribution < -0.4 is 5.56 Å². The molecule has 0 amide bonds. The molecule has 0 fully saturated rings. The van der Waals surface area contributed by atoms with E-state index in [1.165, 1.54) is 17.4 Å². The van der Waals surface area contributed by atoms with Gasteiger partial charge in [-0.05, 0) is 36.4 Å². The third-order valence-corrected chi connectivity index (χ3v) is 6.31. The first-order valence-electron chi connectivity index (χ1n) is 8.54. The van der Waals surface area contributed by atoms with Crippen LogP contribution in [0.15, 0.2) is 64.3 Å². The number of nitrogens with zero attached hydrogens (tertiary/aromatic N) is 2. The fraction of sp³-hybridized carbons (Fsp3) is 0.150. The number of halogens is 1. The van der Waals surface area contributed by atoms with Gasteiger partial charge in [0.05, 0.1) is 22.3 Å². The Bertz CT molecular complexity index is 1200. The highest BCUT2D eigenvalue weighted by Crippen LogP contribution is 2.24. The molecule has 0 radical (unpaired) electrons. The van der Waals surface area contributed by atoms with Gasteiger partial charge in [0.25, 0.3) is 5.56 Å². The number of ether oxygens (including phenoxy) is 1. The Morgan fingerprint density at radius 1 is 1.18 bits per heavy atom. The van der Waals surface area contributed by atoms with Crippen molar-refractivity contribution in [1.82, 2.24) is 9.38 Å². The summed E-state index contributed by atoms with van der Waals surface area (Å²) in [5, 5.41) is 0.683. The number of rotatable bonds is 6. The second-order valence-corrected chi connectivity index (χ2v) is 8.60. The van der Waals surface area contributed by atoms with Crippen LogP contribution in [-0.4, -0.2) is 21.1 Å². The van der Waals surface area contributed by atoms with E-state index >= 15 is 0 Å². The number of aromatic nitrogens is 2. The molecule has 0 aliphatic heterocycles. The van der Waals surface area contributed by atoms with Crippen molar-refractivity contribution in [2.24, 2.45) is 0 Å². The Balaban J connectivity index is 1.37. The molecule has 2 aromatic heterocycles. The van der Waals surface area contributed by atoms with Crippen LogP contribution in [0.4, 0.5) is 0 Å². The fourth-order valence-electron chi connectivity index (χ4n) is 2.71. The summed E-state index contributed by atoms with van der Waals surface area (Å²) in [5.41, 5.74) is 1.12. The van der Waals surface area contributed by atoms with Gasteiger partial charge >= 0.3 is 5.97 Å². The van der Waals surface area contributed by atoms with E-state index in [0.29, 0.717) is 21.4 Å². The first-order valence-corrected chi connectivity index (χ1v) is 10.7. The highest BCUT2D eigenvalue weighted by Gasteiger charge is 2.11. The lowest BCUT2D eigenvalue weighted by molar-refractivity contribution is -0.144. The molecule has 0 bridgehead atoms. The van der Waals surface area contributed by atoms with Crippen LogP contribution in [0.3, 0.4) is 0 Å². The van der Waals surface area contributed by atoms with Crippen molar-refractivity contribution < 1.29 is 9.53 Å². The molecule has 2 aromatic carbocycles. The van der Waals surface area contributed by atoms with Gasteiger partial charge in [-0.2, -0.15) is 0 Å². The molecule has 0 atom stereocenters. The topological polar surface area (TPSA) is 60.7 Å². The molecule has 4 rings (SSSR count). The van der Waals surface area contributed by atoms with E-state index in [1.54, 1.807) is 16.2 Å². The standard InChI is InChI=1S/C20H15ClN2O3S2/c21-13-5-7-15(8-6-13)27-10-9-19(25)26-12-14-11-18(24)23-16-3-1-2-4-17(16)28-20(23)22-14/h1-8,11H,9-10,12H2. The number of thiazole rings is 1. The molecule has 0 aliphatic carbocycles. The normalized spacial score (nSPS) is 11.2. The number of para-hydroxylation sites is 1. The van der Waals surface area contributed by atoms with Crippen molar-refractivity contribution >= 4 is 55.8 Å². The van der Waals surface area contributed by atoms with Crippen molar-refractivity contribution in [2.75, 3.05) is 5.75 Å². The Kier molecular flexibility index (Phi) is 5.66. The SMILES string of the molecule is O=C(CCSc1ccc(Cl)cc1)OCc1cc(=O)n2c(n1)sc1ccccc12. The molecule has 5 nitrogen and oxygen atoms in total. The summed E-state index contributed by atoms with van der Waals surface area (Å²) in [5.74, 6) is 0.283. The molecule has 4 aromatic rings. The maximum Gasteiger partial charge on any atom is 0.307 e. The summed E-state index contributed by atoms with van der Waals surface area (Å²) in [6, 6.07) is 16.5. The maximum absolute atomic E-state index is 12.4. The van der Waals surface area contributed by atoms with Crippen molar-refractivity contribution in [3.8, 4) is 0 Å². The molecule has 0 spiro atoms. The van der Waals surface area contributed by atoms with Crippen molar-refractivity contribution in [3.63, 3.8) is 0 Å². The number of hydrogen-bond donors (Lipinski definition) is 0. The van der Waals surface area contributed by atoms with Gasteiger partial charge in [0.15, 0.2) is 4.96 Å². The number of thioether (sulfide) groups is 1. The van der Waals surface area contributed by atoms with Crippen molar-refractivity contribution in [2.45, 2.75) is 17.9 Å². The number of hydrogen-bond acceptors (Lipinski definition) is 6. The average molecular weight is 431 g/mol. The Hall–Kier alpha value is -2.35. The lowest BCUT2D eigenvalue weighted by Gasteiger charge is -2.05. The number of carbonyl (C=O) groups is 1. The van der Waals surface area contributed by atoms with Crippen LogP contribution in [0.1, 0.15) is 12.1 Å². The quantitative estimate of drug-likeness (QED) is 0.325. The molecule has 0 saturated heterocycles. The van der Waals surface area contributed by atoms with E-state index in [2.05, 4.69) is 4.98 Å². The predicted octanol–water partition coefficient (Wildman–Crippen LogP) is 4.79. The summed E-state index contributed by atoms with van der Waals surface area (Å²) < 4.78 is 7.85. The molecule has 142 valence electrons. The minimum atomic E-state index is -0.320. The zero-order valence-electron chi connectivity index (χ0n) is 14.6. The molecule has 0 N–H and O–H groups in total. The van der Waals surface area contributed by atoms with Crippen LogP contribution in [0, 0.1) is 0 Å². The van der Waals surface area contributed by atoms with Gasteiger partial charge in [0.1, 0.15) is 6.61 Å². The van der Waals surface area contributed by atoms with Gasteiger partial charge < -0.3 is 4.74 Å². The zero-order valence-corrected chi connectivity index (χ0v) is 17.0.